The number of anilines is 1. The molecule has 0 atom stereocenters. The highest BCUT2D eigenvalue weighted by atomic mass is 32.1. The number of carbonyl (C=O) groups excluding carboxylic acids is 2. The van der Waals surface area contributed by atoms with E-state index in [2.05, 4.69) is 16.0 Å². The summed E-state index contributed by atoms with van der Waals surface area (Å²) in [5, 5.41) is 9.29. The predicted octanol–water partition coefficient (Wildman–Crippen LogP) is 4.65. The van der Waals surface area contributed by atoms with Crippen LogP contribution in [0.15, 0.2) is 54.6 Å². The number of amides is 2. The lowest BCUT2D eigenvalue weighted by molar-refractivity contribution is -0.144. The minimum absolute atomic E-state index is 0.0749. The highest BCUT2D eigenvalue weighted by Crippen LogP contribution is 2.60. The molecule has 4 bridgehead atoms. The summed E-state index contributed by atoms with van der Waals surface area (Å²) in [6, 6.07) is 17.0. The second-order valence-electron chi connectivity index (χ2n) is 9.86. The topological polar surface area (TPSA) is 70.2 Å². The fourth-order valence-electron chi connectivity index (χ4n) is 6.41. The molecule has 5 nitrogen and oxygen atoms in total. The first kappa shape index (κ1) is 21.1. The van der Waals surface area contributed by atoms with Crippen molar-refractivity contribution >= 4 is 34.8 Å². The SMILES string of the molecule is O=C(NCc1ccccc1)c1cccc(NC(=S)NC(=O)C23CC4CC(CC(C4)C2)C3)c1. The van der Waals surface area contributed by atoms with Gasteiger partial charge in [-0.2, -0.15) is 0 Å². The van der Waals surface area contributed by atoms with Gasteiger partial charge in [0, 0.05) is 17.8 Å². The molecular formula is C26H29N3O2S. The van der Waals surface area contributed by atoms with Gasteiger partial charge in [0.25, 0.3) is 5.91 Å². The van der Waals surface area contributed by atoms with E-state index in [0.29, 0.717) is 40.7 Å². The van der Waals surface area contributed by atoms with Crippen LogP contribution >= 0.6 is 12.2 Å². The molecule has 166 valence electrons. The van der Waals surface area contributed by atoms with E-state index in [9.17, 15) is 9.59 Å². The average molecular weight is 448 g/mol. The normalized spacial score (nSPS) is 27.6. The zero-order valence-corrected chi connectivity index (χ0v) is 18.9. The number of thiocarbonyl (C=S) groups is 1. The third-order valence-electron chi connectivity index (χ3n) is 7.43. The van der Waals surface area contributed by atoms with E-state index in [4.69, 9.17) is 12.2 Å². The van der Waals surface area contributed by atoms with E-state index in [1.54, 1.807) is 12.1 Å². The van der Waals surface area contributed by atoms with E-state index in [1.807, 2.05) is 42.5 Å². The van der Waals surface area contributed by atoms with Gasteiger partial charge < -0.3 is 16.0 Å². The van der Waals surface area contributed by atoms with Gasteiger partial charge in [-0.05, 0) is 92.3 Å². The number of hydrogen-bond donors (Lipinski definition) is 3. The lowest BCUT2D eigenvalue weighted by Gasteiger charge is -2.55. The van der Waals surface area contributed by atoms with Gasteiger partial charge in [0.15, 0.2) is 5.11 Å². The first-order valence-electron chi connectivity index (χ1n) is 11.5. The standard InChI is InChI=1S/C26H29N3O2S/c30-23(27-16-17-5-2-1-3-6-17)21-7-4-8-22(12-21)28-25(32)29-24(31)26-13-18-9-19(14-26)11-20(10-18)15-26/h1-8,12,18-20H,9-11,13-16H2,(H,27,30)(H2,28,29,31,32). The molecule has 0 saturated heterocycles. The van der Waals surface area contributed by atoms with Gasteiger partial charge in [0.1, 0.15) is 0 Å². The zero-order valence-electron chi connectivity index (χ0n) is 18.1. The molecule has 2 aromatic rings. The smallest absolute Gasteiger partial charge is 0.251 e. The fraction of sp³-hybridized carbons (Fsp3) is 0.423. The van der Waals surface area contributed by atoms with Crippen LogP contribution < -0.4 is 16.0 Å². The van der Waals surface area contributed by atoms with Gasteiger partial charge in [-0.3, -0.25) is 9.59 Å². The van der Waals surface area contributed by atoms with Crippen LogP contribution in [0.5, 0.6) is 0 Å². The molecule has 2 amide bonds. The minimum Gasteiger partial charge on any atom is -0.348 e. The summed E-state index contributed by atoms with van der Waals surface area (Å²) in [6.07, 6.45) is 6.91. The van der Waals surface area contributed by atoms with Crippen molar-refractivity contribution < 1.29 is 9.59 Å². The summed E-state index contributed by atoms with van der Waals surface area (Å²) in [7, 11) is 0. The average Bonchev–Trinajstić information content (AvgIpc) is 2.77. The monoisotopic (exact) mass is 447 g/mol. The van der Waals surface area contributed by atoms with Crippen molar-refractivity contribution in [1.82, 2.24) is 10.6 Å². The summed E-state index contributed by atoms with van der Waals surface area (Å²) < 4.78 is 0. The van der Waals surface area contributed by atoms with Crippen LogP contribution in [0.3, 0.4) is 0 Å². The van der Waals surface area contributed by atoms with Crippen molar-refractivity contribution in [2.75, 3.05) is 5.32 Å². The third-order valence-corrected chi connectivity index (χ3v) is 7.63. The molecule has 3 N–H and O–H groups in total. The maximum absolute atomic E-state index is 13.2. The summed E-state index contributed by atoms with van der Waals surface area (Å²) in [4.78, 5) is 25.7. The molecule has 0 heterocycles. The maximum atomic E-state index is 13.2. The number of nitrogens with one attached hydrogen (secondary N) is 3. The van der Waals surface area contributed by atoms with Crippen molar-refractivity contribution in [2.45, 2.75) is 45.1 Å². The van der Waals surface area contributed by atoms with Crippen molar-refractivity contribution in [2.24, 2.45) is 23.2 Å². The van der Waals surface area contributed by atoms with Crippen LogP contribution in [0.1, 0.15) is 54.4 Å². The molecule has 4 saturated carbocycles. The third kappa shape index (κ3) is 4.42. The van der Waals surface area contributed by atoms with Gasteiger partial charge in [-0.1, -0.05) is 36.4 Å². The highest BCUT2D eigenvalue weighted by molar-refractivity contribution is 7.80. The van der Waals surface area contributed by atoms with E-state index in [1.165, 1.54) is 19.3 Å². The quantitative estimate of drug-likeness (QED) is 0.584. The molecule has 0 aromatic heterocycles. The number of hydrogen-bond acceptors (Lipinski definition) is 3. The molecule has 2 aromatic carbocycles. The van der Waals surface area contributed by atoms with Crippen LogP contribution in [0.2, 0.25) is 0 Å². The van der Waals surface area contributed by atoms with Gasteiger partial charge in [-0.15, -0.1) is 0 Å². The van der Waals surface area contributed by atoms with Crippen molar-refractivity contribution in [3.63, 3.8) is 0 Å². The van der Waals surface area contributed by atoms with Gasteiger partial charge in [0.2, 0.25) is 5.91 Å². The van der Waals surface area contributed by atoms with E-state index < -0.39 is 0 Å². The summed E-state index contributed by atoms with van der Waals surface area (Å²) in [5.41, 5.74) is 2.04. The molecule has 6 rings (SSSR count). The minimum atomic E-state index is -0.236. The Morgan fingerprint density at radius 2 is 1.56 bits per heavy atom. The second-order valence-corrected chi connectivity index (χ2v) is 10.3. The maximum Gasteiger partial charge on any atom is 0.251 e. The highest BCUT2D eigenvalue weighted by Gasteiger charge is 2.54. The molecule has 4 aliphatic carbocycles. The van der Waals surface area contributed by atoms with E-state index in [-0.39, 0.29) is 17.2 Å². The second kappa shape index (κ2) is 8.66. The molecule has 6 heteroatoms. The van der Waals surface area contributed by atoms with Gasteiger partial charge in [0.05, 0.1) is 5.41 Å². The Kier molecular flexibility index (Phi) is 5.72. The summed E-state index contributed by atoms with van der Waals surface area (Å²) >= 11 is 5.45. The van der Waals surface area contributed by atoms with Gasteiger partial charge in [-0.25, -0.2) is 0 Å². The van der Waals surface area contributed by atoms with Crippen molar-refractivity contribution in [3.05, 3.63) is 65.7 Å². The lowest BCUT2D eigenvalue weighted by atomic mass is 9.49. The zero-order chi connectivity index (χ0) is 22.1. The van der Waals surface area contributed by atoms with Crippen molar-refractivity contribution in [1.29, 1.82) is 0 Å². The molecule has 32 heavy (non-hydrogen) atoms. The fourth-order valence-corrected chi connectivity index (χ4v) is 6.62. The first-order valence-corrected chi connectivity index (χ1v) is 11.9. The lowest BCUT2D eigenvalue weighted by Crippen LogP contribution is -2.55. The molecule has 4 fully saturated rings. The molecule has 0 unspecified atom stereocenters. The van der Waals surface area contributed by atoms with Gasteiger partial charge >= 0.3 is 0 Å². The Morgan fingerprint density at radius 3 is 2.22 bits per heavy atom. The molecule has 4 aliphatic rings. The largest absolute Gasteiger partial charge is 0.348 e. The Labute approximate surface area is 194 Å². The molecule has 0 spiro atoms. The Morgan fingerprint density at radius 1 is 0.906 bits per heavy atom. The van der Waals surface area contributed by atoms with E-state index in [0.717, 1.165) is 24.8 Å². The van der Waals surface area contributed by atoms with Crippen LogP contribution in [0.25, 0.3) is 0 Å². The van der Waals surface area contributed by atoms with E-state index >= 15 is 0 Å². The number of benzene rings is 2. The van der Waals surface area contributed by atoms with Crippen LogP contribution in [0.4, 0.5) is 5.69 Å². The summed E-state index contributed by atoms with van der Waals surface area (Å²) in [5.74, 6) is 2.05. The Hall–Kier alpha value is -2.73. The Balaban J connectivity index is 1.18. The number of carbonyl (C=O) groups is 2. The molecule has 0 radical (unpaired) electrons. The summed E-state index contributed by atoms with van der Waals surface area (Å²) in [6.45, 7) is 0.469. The van der Waals surface area contributed by atoms with Crippen LogP contribution in [-0.4, -0.2) is 16.9 Å². The molecular weight excluding hydrogens is 418 g/mol. The van der Waals surface area contributed by atoms with Crippen molar-refractivity contribution in [3.8, 4) is 0 Å². The number of rotatable bonds is 5. The first-order chi connectivity index (χ1) is 15.5. The van der Waals surface area contributed by atoms with Crippen LogP contribution in [0, 0.1) is 23.2 Å². The van der Waals surface area contributed by atoms with Crippen LogP contribution in [-0.2, 0) is 11.3 Å². The molecule has 0 aliphatic heterocycles. The predicted molar refractivity (Wildman–Crippen MR) is 129 cm³/mol. The Bertz CT molecular complexity index is 1000.